The zero-order valence-electron chi connectivity index (χ0n) is 12.5. The van der Waals surface area contributed by atoms with Crippen LogP contribution in [0.5, 0.6) is 0 Å². The summed E-state index contributed by atoms with van der Waals surface area (Å²) in [5, 5.41) is 1.69. The molecule has 1 aromatic heterocycles. The second-order valence-electron chi connectivity index (χ2n) is 5.17. The molecule has 0 bridgehead atoms. The molecule has 23 heavy (non-hydrogen) atoms. The molecule has 0 unspecified atom stereocenters. The number of Topliss-reactive ketones (excluding diaryl/α,β-unsaturated/α-hetero) is 2. The van der Waals surface area contributed by atoms with Crippen LogP contribution in [0.1, 0.15) is 38.9 Å². The smallest absolute Gasteiger partial charge is 0.234 e. The number of halogens is 1. The SMILES string of the molecule is CCC1(c2cc(C(=O)C(=O)c3cccc(Br)c3)cs2)OCCO1. The Bertz CT molecular complexity index is 747. The van der Waals surface area contributed by atoms with Crippen molar-refractivity contribution in [1.29, 1.82) is 0 Å². The van der Waals surface area contributed by atoms with E-state index in [9.17, 15) is 9.59 Å². The number of hydrogen-bond donors (Lipinski definition) is 0. The Balaban J connectivity index is 1.85. The molecule has 1 aromatic carbocycles. The molecule has 0 aliphatic carbocycles. The van der Waals surface area contributed by atoms with Crippen LogP contribution in [0.3, 0.4) is 0 Å². The summed E-state index contributed by atoms with van der Waals surface area (Å²) in [5.74, 6) is -1.81. The summed E-state index contributed by atoms with van der Waals surface area (Å²) in [6.45, 7) is 3.04. The Kier molecular flexibility index (Phi) is 4.77. The third kappa shape index (κ3) is 3.17. The van der Waals surface area contributed by atoms with Crippen LogP contribution in [0.15, 0.2) is 40.2 Å². The predicted octanol–water partition coefficient (Wildman–Crippen LogP) is 4.19. The molecule has 1 saturated heterocycles. The van der Waals surface area contributed by atoms with E-state index < -0.39 is 17.4 Å². The molecular weight excluding hydrogens is 380 g/mol. The van der Waals surface area contributed by atoms with Crippen molar-refractivity contribution >= 4 is 38.8 Å². The first-order chi connectivity index (χ1) is 11.1. The van der Waals surface area contributed by atoms with Crippen molar-refractivity contribution < 1.29 is 19.1 Å². The van der Waals surface area contributed by atoms with Gasteiger partial charge in [0.15, 0.2) is 0 Å². The third-order valence-electron chi connectivity index (χ3n) is 3.75. The number of hydrogen-bond acceptors (Lipinski definition) is 5. The van der Waals surface area contributed by atoms with Crippen molar-refractivity contribution in [1.82, 2.24) is 0 Å². The van der Waals surface area contributed by atoms with Gasteiger partial charge in [0.25, 0.3) is 0 Å². The first-order valence-corrected chi connectivity index (χ1v) is 8.94. The number of ether oxygens (including phenoxy) is 2. The quantitative estimate of drug-likeness (QED) is 0.563. The van der Waals surface area contributed by atoms with Crippen LogP contribution in [-0.2, 0) is 15.3 Å². The van der Waals surface area contributed by atoms with Crippen LogP contribution >= 0.6 is 27.3 Å². The van der Waals surface area contributed by atoms with Gasteiger partial charge in [-0.2, -0.15) is 0 Å². The summed E-state index contributed by atoms with van der Waals surface area (Å²) in [5.41, 5.74) is 0.748. The van der Waals surface area contributed by atoms with E-state index in [2.05, 4.69) is 15.9 Å². The van der Waals surface area contributed by atoms with Crippen molar-refractivity contribution in [2.24, 2.45) is 0 Å². The fourth-order valence-electron chi connectivity index (χ4n) is 2.52. The zero-order valence-corrected chi connectivity index (χ0v) is 14.9. The standard InChI is InChI=1S/C17H15BrO4S/c1-2-17(21-6-7-22-17)14-9-12(10-23-14)16(20)15(19)11-4-3-5-13(18)8-11/h3-5,8-10H,2,6-7H2,1H3. The third-order valence-corrected chi connectivity index (χ3v) is 5.30. The molecule has 0 N–H and O–H groups in total. The minimum absolute atomic E-state index is 0.371. The molecular formula is C17H15BrO4S. The second-order valence-corrected chi connectivity index (χ2v) is 7.00. The van der Waals surface area contributed by atoms with Crippen LogP contribution < -0.4 is 0 Å². The highest BCUT2D eigenvalue weighted by atomic mass is 79.9. The van der Waals surface area contributed by atoms with Gasteiger partial charge >= 0.3 is 0 Å². The van der Waals surface area contributed by atoms with Crippen molar-refractivity contribution in [3.8, 4) is 0 Å². The minimum Gasteiger partial charge on any atom is -0.343 e. The maximum absolute atomic E-state index is 12.4. The van der Waals surface area contributed by atoms with Gasteiger partial charge in [-0.1, -0.05) is 35.0 Å². The summed E-state index contributed by atoms with van der Waals surface area (Å²) >= 11 is 4.69. The Morgan fingerprint density at radius 1 is 1.17 bits per heavy atom. The van der Waals surface area contributed by atoms with E-state index in [-0.39, 0.29) is 0 Å². The molecule has 1 aliphatic rings. The molecule has 6 heteroatoms. The Morgan fingerprint density at radius 2 is 1.87 bits per heavy atom. The van der Waals surface area contributed by atoms with E-state index >= 15 is 0 Å². The normalized spacial score (nSPS) is 16.4. The number of carbonyl (C=O) groups excluding carboxylic acids is 2. The van der Waals surface area contributed by atoms with Crippen molar-refractivity contribution in [2.75, 3.05) is 13.2 Å². The lowest BCUT2D eigenvalue weighted by Crippen LogP contribution is -2.24. The molecule has 120 valence electrons. The molecule has 2 aromatic rings. The first kappa shape index (κ1) is 16.5. The van der Waals surface area contributed by atoms with Gasteiger partial charge in [-0.3, -0.25) is 9.59 Å². The Labute approximate surface area is 146 Å². The maximum atomic E-state index is 12.4. The van der Waals surface area contributed by atoms with Gasteiger partial charge in [-0.15, -0.1) is 11.3 Å². The van der Waals surface area contributed by atoms with Crippen LogP contribution in [0.2, 0.25) is 0 Å². The van der Waals surface area contributed by atoms with Gasteiger partial charge in [-0.25, -0.2) is 0 Å². The largest absolute Gasteiger partial charge is 0.343 e. The molecule has 3 rings (SSSR count). The number of rotatable bonds is 5. The predicted molar refractivity (Wildman–Crippen MR) is 91.0 cm³/mol. The molecule has 0 spiro atoms. The maximum Gasteiger partial charge on any atom is 0.234 e. The molecule has 0 amide bonds. The monoisotopic (exact) mass is 394 g/mol. The summed E-state index contributed by atoms with van der Waals surface area (Å²) < 4.78 is 12.2. The van der Waals surface area contributed by atoms with E-state index in [1.807, 2.05) is 13.0 Å². The highest BCUT2D eigenvalue weighted by Gasteiger charge is 2.38. The van der Waals surface area contributed by atoms with Crippen LogP contribution in [0, 0.1) is 0 Å². The molecule has 1 fully saturated rings. The van der Waals surface area contributed by atoms with Gasteiger partial charge in [-0.05, 0) is 18.2 Å². The van der Waals surface area contributed by atoms with Crippen molar-refractivity contribution in [3.63, 3.8) is 0 Å². The first-order valence-electron chi connectivity index (χ1n) is 7.27. The van der Waals surface area contributed by atoms with E-state index in [1.54, 1.807) is 29.6 Å². The van der Waals surface area contributed by atoms with E-state index in [0.717, 1.165) is 9.35 Å². The molecule has 1 aliphatic heterocycles. The fraction of sp³-hybridized carbons (Fsp3) is 0.294. The number of carbonyl (C=O) groups is 2. The van der Waals surface area contributed by atoms with Crippen LogP contribution in [-0.4, -0.2) is 24.8 Å². The zero-order chi connectivity index (χ0) is 16.4. The lowest BCUT2D eigenvalue weighted by molar-refractivity contribution is -0.164. The number of thiophene rings is 1. The Hall–Kier alpha value is -1.34. The summed E-state index contributed by atoms with van der Waals surface area (Å²) in [6.07, 6.45) is 0.653. The highest BCUT2D eigenvalue weighted by Crippen LogP contribution is 2.38. The molecule has 0 saturated carbocycles. The number of ketones is 2. The van der Waals surface area contributed by atoms with Gasteiger partial charge in [0, 0.05) is 27.4 Å². The van der Waals surface area contributed by atoms with Crippen molar-refractivity contribution in [2.45, 2.75) is 19.1 Å². The Morgan fingerprint density at radius 3 is 2.52 bits per heavy atom. The van der Waals surface area contributed by atoms with Crippen LogP contribution in [0.4, 0.5) is 0 Å². The van der Waals surface area contributed by atoms with Crippen LogP contribution in [0.25, 0.3) is 0 Å². The average molecular weight is 395 g/mol. The molecule has 0 atom stereocenters. The second kappa shape index (κ2) is 6.65. The lowest BCUT2D eigenvalue weighted by Gasteiger charge is -2.24. The van der Waals surface area contributed by atoms with E-state index in [1.165, 1.54) is 11.3 Å². The fourth-order valence-corrected chi connectivity index (χ4v) is 3.99. The van der Waals surface area contributed by atoms with E-state index in [4.69, 9.17) is 9.47 Å². The average Bonchev–Trinajstić information content (AvgIpc) is 3.23. The molecule has 2 heterocycles. The summed E-state index contributed by atoms with van der Waals surface area (Å²) in [6, 6.07) is 8.52. The van der Waals surface area contributed by atoms with E-state index in [0.29, 0.717) is 30.8 Å². The van der Waals surface area contributed by atoms with Gasteiger partial charge in [0.2, 0.25) is 17.4 Å². The van der Waals surface area contributed by atoms with Crippen molar-refractivity contribution in [3.05, 3.63) is 56.2 Å². The van der Waals surface area contributed by atoms with Gasteiger partial charge in [0.05, 0.1) is 18.1 Å². The summed E-state index contributed by atoms with van der Waals surface area (Å²) in [4.78, 5) is 25.6. The molecule has 0 radical (unpaired) electrons. The van der Waals surface area contributed by atoms with Gasteiger partial charge in [0.1, 0.15) is 0 Å². The number of benzene rings is 1. The topological polar surface area (TPSA) is 52.6 Å². The molecule has 4 nitrogen and oxygen atoms in total. The summed E-state index contributed by atoms with van der Waals surface area (Å²) in [7, 11) is 0. The highest BCUT2D eigenvalue weighted by molar-refractivity contribution is 9.10. The minimum atomic E-state index is -0.776. The van der Waals surface area contributed by atoms with Gasteiger partial charge < -0.3 is 9.47 Å². The lowest BCUT2D eigenvalue weighted by atomic mass is 10.0.